The molecule has 3 saturated heterocycles. The monoisotopic (exact) mass is 1560 g/mol. The van der Waals surface area contributed by atoms with Gasteiger partial charge in [-0.25, -0.2) is 30.2 Å². The highest BCUT2D eigenvalue weighted by Gasteiger charge is 2.57. The van der Waals surface area contributed by atoms with Crippen molar-refractivity contribution in [2.75, 3.05) is 74.1 Å². The highest BCUT2D eigenvalue weighted by molar-refractivity contribution is 8.56. The van der Waals surface area contributed by atoms with Gasteiger partial charge in [-0.05, 0) is 62.3 Å². The summed E-state index contributed by atoms with van der Waals surface area (Å²) in [5, 5.41) is 73.2. The number of hydrogen-bond acceptors (Lipinski definition) is 36. The number of imidazole rings is 3. The van der Waals surface area contributed by atoms with Crippen molar-refractivity contribution in [3.05, 3.63) is 50.0 Å². The Labute approximate surface area is 592 Å². The number of esters is 3. The van der Waals surface area contributed by atoms with Crippen molar-refractivity contribution in [1.29, 1.82) is 0 Å². The van der Waals surface area contributed by atoms with Gasteiger partial charge in [-0.15, -0.1) is 0 Å². The number of fused-ring (bicyclic) bond motifs is 3. The number of rotatable bonds is 30. The van der Waals surface area contributed by atoms with E-state index in [1.807, 2.05) is 0 Å². The van der Waals surface area contributed by atoms with E-state index in [2.05, 4.69) is 60.1 Å². The molecule has 0 saturated carbocycles. The van der Waals surface area contributed by atoms with Crippen molar-refractivity contribution in [1.82, 2.24) is 73.8 Å². The number of anilines is 3. The number of carbonyl (C=O) groups excluding carboxylic acids is 3. The lowest BCUT2D eigenvalue weighted by Crippen LogP contribution is -2.44. The van der Waals surface area contributed by atoms with Crippen LogP contribution in [-0.2, 0) is 70.1 Å². The van der Waals surface area contributed by atoms with Gasteiger partial charge in [0.05, 0.1) is 58.6 Å². The highest BCUT2D eigenvalue weighted by atomic mass is 32.7. The van der Waals surface area contributed by atoms with E-state index < -0.39 is 145 Å². The van der Waals surface area contributed by atoms with Crippen molar-refractivity contribution in [2.45, 2.75) is 173 Å². The highest BCUT2D eigenvalue weighted by Crippen LogP contribution is 2.59. The quantitative estimate of drug-likeness (QED) is 0.0165. The van der Waals surface area contributed by atoms with Gasteiger partial charge in [-0.2, -0.15) is 15.0 Å². The fraction of sp³-hybridized carbons (Fsp3) is 0.667. The molecule has 9 rings (SSSR count). The van der Waals surface area contributed by atoms with Gasteiger partial charge in [-0.3, -0.25) is 71.1 Å². The van der Waals surface area contributed by atoms with Crippen molar-refractivity contribution in [2.24, 2.45) is 0 Å². The second-order valence-corrected chi connectivity index (χ2v) is 37.1. The third-order valence-electron chi connectivity index (χ3n) is 15.5. The van der Waals surface area contributed by atoms with Crippen molar-refractivity contribution in [3.8, 4) is 0 Å². The molecular formula is C54H87N18O24P3S3. The zero-order chi connectivity index (χ0) is 75.8. The smallest absolute Gasteiger partial charge is 0.327 e. The standard InChI is InChI=1S/3C18H29N6O8PS/c3*1-5-30-15(27)9(3)23-33(29,34-6-2)31-7-10-12(25)18(4,28)16(32-10)24-8-20-11-13(24)21-17(19)22-14(11)26/h3*8-10,12,16,25,28H,5-7H2,1-4H3,(H,23,29)(H3,19,21,22,26)/t9?,10-,12-,16-,18-,33?;9-,10-,12-,16-,18-,33?;9-,10-,12-,16-,18-,33+/m111/s1. The van der Waals surface area contributed by atoms with Gasteiger partial charge in [0.15, 0.2) is 52.2 Å². The molecule has 3 aliphatic rings. The van der Waals surface area contributed by atoms with Crippen LogP contribution in [0.3, 0.4) is 0 Å². The molecule has 9 heterocycles. The first-order chi connectivity index (χ1) is 47.8. The molecule has 48 heteroatoms. The zero-order valence-electron chi connectivity index (χ0n) is 57.4. The van der Waals surface area contributed by atoms with Crippen molar-refractivity contribution < 1.29 is 101 Å². The maximum atomic E-state index is 13.3. The van der Waals surface area contributed by atoms with Gasteiger partial charge in [0.1, 0.15) is 71.6 Å². The van der Waals surface area contributed by atoms with Gasteiger partial charge in [0.25, 0.3) is 16.7 Å². The lowest BCUT2D eigenvalue weighted by atomic mass is 9.96. The average Bonchev–Trinajstić information content (AvgIpc) is 1.61. The largest absolute Gasteiger partial charge is 0.465 e. The second-order valence-electron chi connectivity index (χ2n) is 23.4. The van der Waals surface area contributed by atoms with Gasteiger partial charge < -0.3 is 89.8 Å². The molecule has 18 atom stereocenters. The van der Waals surface area contributed by atoms with Crippen molar-refractivity contribution >= 4 is 124 Å². The number of aromatic nitrogens is 12. The predicted octanol–water partition coefficient (Wildman–Crippen LogP) is 0.390. The fourth-order valence-electron chi connectivity index (χ4n) is 10.5. The Morgan fingerprint density at radius 1 is 0.510 bits per heavy atom. The number of aromatic amines is 3. The SMILES string of the molecule is CCOC(=O)C(C)NP(=O)(OC[C@H]1O[C@@H](n2cnc3c(=O)[nH]c(N)nc32)[C@](C)(O)[C@@H]1O)SCC.CCOC(=O)[C@@H](C)NP(=O)(OC[C@H]1O[C@@H](n2cnc3c(=O)[nH]c(N)nc32)[C@](C)(O)[C@@H]1O)SCC.CCOC(=O)[C@@H](C)N[P@](=O)(OC[C@H]1O[C@@H](n2cnc3c(=O)[nH]c(N)nc32)[C@](C)(O)[C@@H]1O)SCC. The van der Waals surface area contributed by atoms with Gasteiger partial charge in [0.2, 0.25) is 17.8 Å². The Morgan fingerprint density at radius 3 is 0.961 bits per heavy atom. The number of hydrogen-bond donors (Lipinski definition) is 15. The maximum absolute atomic E-state index is 13.3. The molecule has 0 radical (unpaired) electrons. The number of nitrogens with two attached hydrogens (primary N) is 3. The minimum atomic E-state index is -3.61. The van der Waals surface area contributed by atoms with Crippen LogP contribution in [0.4, 0.5) is 17.8 Å². The Morgan fingerprint density at radius 2 is 0.745 bits per heavy atom. The molecule has 570 valence electrons. The fourth-order valence-corrected chi connectivity index (χ4v) is 21.3. The Balaban J connectivity index is 0.000000214. The number of aliphatic hydroxyl groups excluding tert-OH is 3. The summed E-state index contributed by atoms with van der Waals surface area (Å²) in [7, 11) is 0. The summed E-state index contributed by atoms with van der Waals surface area (Å²) in [4.78, 5) is 103. The topological polar surface area (TPSA) is 612 Å². The number of nitrogens with one attached hydrogen (secondary N) is 6. The van der Waals surface area contributed by atoms with E-state index in [1.165, 1.54) is 74.2 Å². The van der Waals surface area contributed by atoms with E-state index in [0.717, 1.165) is 34.1 Å². The average molecular weight is 1560 g/mol. The summed E-state index contributed by atoms with van der Waals surface area (Å²) in [6.07, 6.45) is -7.62. The van der Waals surface area contributed by atoms with Crippen LogP contribution in [0.15, 0.2) is 33.4 Å². The minimum Gasteiger partial charge on any atom is -0.465 e. The maximum Gasteiger partial charge on any atom is 0.327 e. The first-order valence-electron chi connectivity index (χ1n) is 31.6. The first kappa shape index (κ1) is 83.3. The molecule has 42 nitrogen and oxygen atoms in total. The van der Waals surface area contributed by atoms with Crippen LogP contribution in [0.2, 0.25) is 0 Å². The molecule has 0 aromatic carbocycles. The third kappa shape index (κ3) is 19.0. The molecule has 0 bridgehead atoms. The summed E-state index contributed by atoms with van der Waals surface area (Å²) in [5.41, 5.74) is 9.69. The third-order valence-corrected chi connectivity index (χ3v) is 28.1. The first-order valence-corrected chi connectivity index (χ1v) is 41.3. The molecule has 0 amide bonds. The van der Waals surface area contributed by atoms with E-state index in [0.29, 0.717) is 17.3 Å². The van der Waals surface area contributed by atoms with Crippen LogP contribution in [-0.4, -0.2) is 236 Å². The van der Waals surface area contributed by atoms with Crippen LogP contribution >= 0.6 is 54.3 Å². The van der Waals surface area contributed by atoms with Crippen LogP contribution in [0, 0.1) is 0 Å². The molecule has 6 aromatic rings. The summed E-state index contributed by atoms with van der Waals surface area (Å²) in [6, 6.07) is -2.70. The lowest BCUT2D eigenvalue weighted by molar-refractivity contribution is -0.145. The number of nitrogen functional groups attached to an aromatic ring is 3. The Hall–Kier alpha value is -6.00. The Kier molecular flexibility index (Phi) is 28.2. The molecule has 3 unspecified atom stereocenters. The second kappa shape index (κ2) is 34.5. The number of nitrogens with zero attached hydrogens (tertiary/aromatic N) is 9. The van der Waals surface area contributed by atoms with Crippen LogP contribution in [0.1, 0.15) is 102 Å². The molecule has 0 aliphatic carbocycles. The predicted molar refractivity (Wildman–Crippen MR) is 372 cm³/mol. The summed E-state index contributed by atoms with van der Waals surface area (Å²) in [6.45, 7) is 7.37. The van der Waals surface area contributed by atoms with E-state index in [-0.39, 0.29) is 91.0 Å². The zero-order valence-corrected chi connectivity index (χ0v) is 62.5. The summed E-state index contributed by atoms with van der Waals surface area (Å²) in [5.74, 6) is -0.985. The van der Waals surface area contributed by atoms with Gasteiger partial charge in [-0.1, -0.05) is 54.9 Å². The van der Waals surface area contributed by atoms with E-state index in [1.54, 1.807) is 41.5 Å². The van der Waals surface area contributed by atoms with Crippen LogP contribution in [0.5, 0.6) is 0 Å². The lowest BCUT2D eigenvalue weighted by Gasteiger charge is -2.27. The number of aliphatic hydroxyl groups is 6. The Bertz CT molecular complexity index is 3840. The number of H-pyrrole nitrogens is 3. The number of carbonyl (C=O) groups is 3. The van der Waals surface area contributed by atoms with E-state index in [9.17, 15) is 73.1 Å². The minimum absolute atomic E-state index is 0.0243. The number of ether oxygens (including phenoxy) is 6. The molecular weight excluding hydrogens is 1470 g/mol. The van der Waals surface area contributed by atoms with Gasteiger partial charge in [0, 0.05) is 17.3 Å². The molecule has 18 N–H and O–H groups in total. The summed E-state index contributed by atoms with van der Waals surface area (Å²) < 4.78 is 92.7. The molecule has 3 aliphatic heterocycles. The van der Waals surface area contributed by atoms with Crippen molar-refractivity contribution in [3.63, 3.8) is 0 Å². The van der Waals surface area contributed by atoms with Gasteiger partial charge >= 0.3 is 38.1 Å². The van der Waals surface area contributed by atoms with E-state index in [4.69, 9.17) is 59.2 Å². The molecule has 0 spiro atoms. The normalized spacial score (nSPS) is 27.5. The molecule has 3 fully saturated rings. The van der Waals surface area contributed by atoms with Crippen LogP contribution in [0.25, 0.3) is 33.5 Å². The van der Waals surface area contributed by atoms with Crippen LogP contribution < -0.4 is 49.1 Å². The molecule has 6 aromatic heterocycles. The van der Waals surface area contributed by atoms with E-state index >= 15 is 0 Å². The molecule has 102 heavy (non-hydrogen) atoms. The summed E-state index contributed by atoms with van der Waals surface area (Å²) >= 11 is 2.90.